The molecule has 1 radical (unpaired) electrons. The summed E-state index contributed by atoms with van der Waals surface area (Å²) in [5, 5.41) is 4.68. The predicted molar refractivity (Wildman–Crippen MR) is 100 cm³/mol. The first-order valence-corrected chi connectivity index (χ1v) is 9.36. The van der Waals surface area contributed by atoms with Crippen LogP contribution >= 0.6 is 0 Å². The fourth-order valence-electron chi connectivity index (χ4n) is 3.97. The van der Waals surface area contributed by atoms with Crippen molar-refractivity contribution in [3.8, 4) is 11.1 Å². The van der Waals surface area contributed by atoms with Gasteiger partial charge in [0, 0.05) is 23.7 Å². The average molecular weight is 331 g/mol. The maximum atomic E-state index is 6.42. The number of anilines is 1. The first-order valence-electron chi connectivity index (χ1n) is 9.36. The summed E-state index contributed by atoms with van der Waals surface area (Å²) in [6.45, 7) is 0. The normalized spacial score (nSPS) is 18.7. The number of nitrogen functional groups attached to an aromatic ring is 1. The summed E-state index contributed by atoms with van der Waals surface area (Å²) in [7, 11) is 0. The van der Waals surface area contributed by atoms with Crippen LogP contribution in [0.5, 0.6) is 0 Å². The van der Waals surface area contributed by atoms with Gasteiger partial charge in [-0.25, -0.2) is 4.98 Å². The van der Waals surface area contributed by atoms with Crippen LogP contribution in [0.1, 0.15) is 61.6 Å². The van der Waals surface area contributed by atoms with Crippen LogP contribution in [0.15, 0.2) is 36.5 Å². The van der Waals surface area contributed by atoms with E-state index >= 15 is 0 Å². The lowest BCUT2D eigenvalue weighted by Gasteiger charge is -2.22. The van der Waals surface area contributed by atoms with E-state index < -0.39 is 0 Å². The summed E-state index contributed by atoms with van der Waals surface area (Å²) in [4.78, 5) is 4.58. The van der Waals surface area contributed by atoms with Crippen LogP contribution in [-0.4, -0.2) is 14.6 Å². The molecule has 2 saturated carbocycles. The highest BCUT2D eigenvalue weighted by Gasteiger charge is 2.27. The Labute approximate surface area is 148 Å². The molecule has 3 aromatic rings. The van der Waals surface area contributed by atoms with Gasteiger partial charge < -0.3 is 5.73 Å². The minimum atomic E-state index is 0.608. The number of nitrogens with two attached hydrogens (primary N) is 1. The number of aromatic nitrogens is 3. The van der Waals surface area contributed by atoms with Gasteiger partial charge in [0.15, 0.2) is 5.65 Å². The van der Waals surface area contributed by atoms with Crippen LogP contribution in [0.2, 0.25) is 0 Å². The summed E-state index contributed by atoms with van der Waals surface area (Å²) in [6, 6.07) is 10.9. The van der Waals surface area contributed by atoms with Crippen LogP contribution < -0.4 is 5.73 Å². The third kappa shape index (κ3) is 2.70. The molecule has 2 fully saturated rings. The van der Waals surface area contributed by atoms with E-state index in [0.717, 1.165) is 22.5 Å². The van der Waals surface area contributed by atoms with E-state index in [-0.39, 0.29) is 0 Å². The Morgan fingerprint density at radius 1 is 0.960 bits per heavy atom. The van der Waals surface area contributed by atoms with Crippen molar-refractivity contribution in [1.82, 2.24) is 14.6 Å². The largest absolute Gasteiger partial charge is 0.383 e. The first-order chi connectivity index (χ1) is 12.3. The van der Waals surface area contributed by atoms with Crippen LogP contribution in [0.4, 0.5) is 5.82 Å². The van der Waals surface area contributed by atoms with Crippen molar-refractivity contribution >= 4 is 11.5 Å². The molecule has 4 heteroatoms. The second kappa shape index (κ2) is 5.87. The average Bonchev–Trinajstić information content (AvgIpc) is 3.42. The van der Waals surface area contributed by atoms with Gasteiger partial charge in [0.1, 0.15) is 5.82 Å². The van der Waals surface area contributed by atoms with E-state index in [1.165, 1.54) is 44.1 Å². The summed E-state index contributed by atoms with van der Waals surface area (Å²) in [6.07, 6.45) is 11.8. The number of fused-ring (bicyclic) bond motifs is 1. The van der Waals surface area contributed by atoms with Gasteiger partial charge in [-0.15, -0.1) is 0 Å². The molecule has 2 aliphatic carbocycles. The second-order valence-electron chi connectivity index (χ2n) is 7.43. The number of nitrogens with zero attached hydrogens (tertiary/aromatic N) is 3. The molecule has 0 spiro atoms. The SMILES string of the molecule is Nc1c(-c2ccc(C3CC[CH]CC3)cc2)cnc2cc(C3CC3)nn12. The Bertz CT molecular complexity index is 900. The molecule has 0 saturated heterocycles. The Hall–Kier alpha value is -2.36. The lowest BCUT2D eigenvalue weighted by molar-refractivity contribution is 0.512. The van der Waals surface area contributed by atoms with Crippen molar-refractivity contribution < 1.29 is 0 Å². The molecule has 2 heterocycles. The summed E-state index contributed by atoms with van der Waals surface area (Å²) in [5.41, 5.74) is 11.9. The number of hydrogen-bond donors (Lipinski definition) is 1. The van der Waals surface area contributed by atoms with Crippen LogP contribution in [0, 0.1) is 6.42 Å². The van der Waals surface area contributed by atoms with Gasteiger partial charge in [0.2, 0.25) is 0 Å². The van der Waals surface area contributed by atoms with Gasteiger partial charge in [-0.2, -0.15) is 9.61 Å². The van der Waals surface area contributed by atoms with Gasteiger partial charge >= 0.3 is 0 Å². The standard InChI is InChI=1S/C21H23N4/c22-21-18(13-23-20-12-19(17-10-11-17)24-25(20)21)16-8-6-15(7-9-16)14-4-2-1-3-5-14/h1,6-9,12-14,17H,2-5,10-11,22H2. The fourth-order valence-corrected chi connectivity index (χ4v) is 3.97. The molecule has 0 aliphatic heterocycles. The van der Waals surface area contributed by atoms with Crippen LogP contribution in [0.25, 0.3) is 16.8 Å². The Morgan fingerprint density at radius 2 is 1.72 bits per heavy atom. The highest BCUT2D eigenvalue weighted by molar-refractivity contribution is 5.75. The topological polar surface area (TPSA) is 56.2 Å². The quantitative estimate of drug-likeness (QED) is 0.755. The van der Waals surface area contributed by atoms with E-state index in [1.54, 1.807) is 4.52 Å². The minimum Gasteiger partial charge on any atom is -0.383 e. The van der Waals surface area contributed by atoms with E-state index in [2.05, 4.69) is 46.8 Å². The third-order valence-electron chi connectivity index (χ3n) is 5.67. The molecule has 25 heavy (non-hydrogen) atoms. The maximum Gasteiger partial charge on any atom is 0.157 e. The highest BCUT2D eigenvalue weighted by atomic mass is 15.3. The van der Waals surface area contributed by atoms with Crippen molar-refractivity contribution in [2.45, 2.75) is 50.4 Å². The highest BCUT2D eigenvalue weighted by Crippen LogP contribution is 2.40. The molecule has 127 valence electrons. The van der Waals surface area contributed by atoms with Gasteiger partial charge in [-0.3, -0.25) is 0 Å². The van der Waals surface area contributed by atoms with Crippen molar-refractivity contribution in [2.24, 2.45) is 0 Å². The van der Waals surface area contributed by atoms with E-state index in [4.69, 9.17) is 5.73 Å². The molecule has 2 aromatic heterocycles. The molecule has 1 aromatic carbocycles. The summed E-state index contributed by atoms with van der Waals surface area (Å²) < 4.78 is 1.80. The number of benzene rings is 1. The molecular weight excluding hydrogens is 308 g/mol. The van der Waals surface area contributed by atoms with Gasteiger partial charge in [-0.1, -0.05) is 24.3 Å². The van der Waals surface area contributed by atoms with Gasteiger partial charge in [0.25, 0.3) is 0 Å². The van der Waals surface area contributed by atoms with Crippen molar-refractivity contribution in [2.75, 3.05) is 5.73 Å². The second-order valence-corrected chi connectivity index (χ2v) is 7.43. The molecule has 0 bridgehead atoms. The zero-order valence-corrected chi connectivity index (χ0v) is 14.4. The van der Waals surface area contributed by atoms with E-state index in [9.17, 15) is 0 Å². The molecule has 0 unspecified atom stereocenters. The lowest BCUT2D eigenvalue weighted by atomic mass is 9.84. The molecule has 0 amide bonds. The van der Waals surface area contributed by atoms with Crippen molar-refractivity contribution in [1.29, 1.82) is 0 Å². The number of hydrogen-bond acceptors (Lipinski definition) is 3. The first kappa shape index (κ1) is 14.9. The van der Waals surface area contributed by atoms with Crippen LogP contribution in [0.3, 0.4) is 0 Å². The zero-order valence-electron chi connectivity index (χ0n) is 14.4. The van der Waals surface area contributed by atoms with Gasteiger partial charge in [0.05, 0.1) is 5.69 Å². The monoisotopic (exact) mass is 331 g/mol. The maximum absolute atomic E-state index is 6.42. The molecular formula is C21H23N4. The lowest BCUT2D eigenvalue weighted by Crippen LogP contribution is -2.05. The predicted octanol–water partition coefficient (Wildman–Crippen LogP) is 4.72. The summed E-state index contributed by atoms with van der Waals surface area (Å²) in [5.74, 6) is 1.98. The van der Waals surface area contributed by atoms with Crippen LogP contribution in [-0.2, 0) is 0 Å². The smallest absolute Gasteiger partial charge is 0.157 e. The van der Waals surface area contributed by atoms with Gasteiger partial charge in [-0.05, 0) is 62.0 Å². The number of rotatable bonds is 3. The summed E-state index contributed by atoms with van der Waals surface area (Å²) >= 11 is 0. The van der Waals surface area contributed by atoms with Crippen molar-refractivity contribution in [3.63, 3.8) is 0 Å². The Morgan fingerprint density at radius 3 is 2.44 bits per heavy atom. The zero-order chi connectivity index (χ0) is 16.8. The Balaban J connectivity index is 1.48. The van der Waals surface area contributed by atoms with Crippen molar-refractivity contribution in [3.05, 3.63) is 54.2 Å². The molecule has 2 aliphatic rings. The molecule has 4 nitrogen and oxygen atoms in total. The van der Waals surface area contributed by atoms with E-state index in [1.807, 2.05) is 6.20 Å². The third-order valence-corrected chi connectivity index (χ3v) is 5.67. The molecule has 5 rings (SSSR count). The van der Waals surface area contributed by atoms with E-state index in [0.29, 0.717) is 17.7 Å². The molecule has 2 N–H and O–H groups in total. The minimum absolute atomic E-state index is 0.608. The molecule has 0 atom stereocenters. The fraction of sp³-hybridized carbons (Fsp3) is 0.381. The Kier molecular flexibility index (Phi) is 3.51.